The van der Waals surface area contributed by atoms with E-state index < -0.39 is 0 Å². The second kappa shape index (κ2) is 4.59. The van der Waals surface area contributed by atoms with Crippen LogP contribution in [0.15, 0.2) is 18.2 Å². The predicted molar refractivity (Wildman–Crippen MR) is 80.9 cm³/mol. The molecule has 110 valence electrons. The highest BCUT2D eigenvalue weighted by Gasteiger charge is 2.41. The molecule has 2 aliphatic heterocycles. The molecular weight excluding hydrogens is 292 g/mol. The Hall–Kier alpha value is -1.82. The molecule has 7 heteroatoms. The summed E-state index contributed by atoms with van der Waals surface area (Å²) in [5, 5.41) is 11.1. The van der Waals surface area contributed by atoms with Crippen molar-refractivity contribution in [3.05, 3.63) is 28.3 Å². The summed E-state index contributed by atoms with van der Waals surface area (Å²) in [6.45, 7) is 0. The Bertz CT molecular complexity index is 702. The number of benzene rings is 1. The molecule has 1 N–H and O–H groups in total. The normalized spacial score (nSPS) is 28.2. The van der Waals surface area contributed by atoms with Crippen molar-refractivity contribution >= 4 is 34.3 Å². The highest BCUT2D eigenvalue weighted by atomic mass is 35.5. The van der Waals surface area contributed by atoms with Crippen molar-refractivity contribution in [3.8, 4) is 0 Å². The molecule has 0 radical (unpaired) electrons. The molecule has 1 aromatic carbocycles. The lowest BCUT2D eigenvalue weighted by atomic mass is 10.0. The van der Waals surface area contributed by atoms with Gasteiger partial charge in [0, 0.05) is 29.6 Å². The van der Waals surface area contributed by atoms with E-state index in [4.69, 9.17) is 11.6 Å². The van der Waals surface area contributed by atoms with Crippen LogP contribution >= 0.6 is 11.6 Å². The summed E-state index contributed by atoms with van der Waals surface area (Å²) in [6.07, 6.45) is 4.25. The van der Waals surface area contributed by atoms with Gasteiger partial charge in [0.05, 0.1) is 16.0 Å². The molecule has 2 unspecified atom stereocenters. The van der Waals surface area contributed by atoms with Crippen molar-refractivity contribution in [2.24, 2.45) is 0 Å². The maximum absolute atomic E-state index is 10.8. The van der Waals surface area contributed by atoms with E-state index in [1.54, 1.807) is 12.1 Å². The number of fused-ring (bicyclic) bond motifs is 3. The lowest BCUT2D eigenvalue weighted by molar-refractivity contribution is -0.384. The van der Waals surface area contributed by atoms with Crippen LogP contribution < -0.4 is 4.90 Å². The molecule has 2 saturated heterocycles. The van der Waals surface area contributed by atoms with Gasteiger partial charge < -0.3 is 9.88 Å². The van der Waals surface area contributed by atoms with Crippen LogP contribution in [0, 0.1) is 10.1 Å². The number of alkyl halides is 1. The van der Waals surface area contributed by atoms with Crippen LogP contribution in [0.2, 0.25) is 0 Å². The topological polar surface area (TPSA) is 75.1 Å². The first-order chi connectivity index (χ1) is 10.1. The highest BCUT2D eigenvalue weighted by Crippen LogP contribution is 2.40. The second-order valence-electron chi connectivity index (χ2n) is 5.88. The third-order valence-electron chi connectivity index (χ3n) is 4.58. The number of nitro groups is 1. The van der Waals surface area contributed by atoms with Gasteiger partial charge in [0.25, 0.3) is 5.69 Å². The van der Waals surface area contributed by atoms with E-state index >= 15 is 0 Å². The predicted octanol–water partition coefficient (Wildman–Crippen LogP) is 3.21. The number of hydrogen-bond acceptors (Lipinski definition) is 4. The fourth-order valence-corrected chi connectivity index (χ4v) is 4.09. The van der Waals surface area contributed by atoms with Crippen LogP contribution in [0.25, 0.3) is 11.0 Å². The molecule has 0 saturated carbocycles. The summed E-state index contributed by atoms with van der Waals surface area (Å²) in [7, 11) is 0. The average Bonchev–Trinajstić information content (AvgIpc) is 2.96. The number of rotatable bonds is 2. The molecule has 2 aliphatic rings. The van der Waals surface area contributed by atoms with Gasteiger partial charge in [-0.15, -0.1) is 11.6 Å². The molecule has 0 amide bonds. The molecular formula is C14H15ClN4O2. The molecule has 0 aliphatic carbocycles. The molecule has 2 atom stereocenters. The molecule has 0 spiro atoms. The number of aromatic nitrogens is 2. The van der Waals surface area contributed by atoms with Crippen molar-refractivity contribution in [1.29, 1.82) is 0 Å². The minimum atomic E-state index is -0.386. The summed E-state index contributed by atoms with van der Waals surface area (Å²) in [5.41, 5.74) is 1.56. The monoisotopic (exact) mass is 306 g/mol. The maximum Gasteiger partial charge on any atom is 0.271 e. The maximum atomic E-state index is 10.8. The van der Waals surface area contributed by atoms with Crippen molar-refractivity contribution in [3.63, 3.8) is 0 Å². The van der Waals surface area contributed by atoms with Crippen LogP contribution in [-0.4, -0.2) is 32.4 Å². The molecule has 2 bridgehead atoms. The van der Waals surface area contributed by atoms with Gasteiger partial charge in [-0.25, -0.2) is 4.98 Å². The van der Waals surface area contributed by atoms with E-state index in [2.05, 4.69) is 14.9 Å². The fraction of sp³-hybridized carbons (Fsp3) is 0.500. The summed E-state index contributed by atoms with van der Waals surface area (Å²) < 4.78 is 0. The Balaban J connectivity index is 1.73. The molecule has 2 aromatic rings. The van der Waals surface area contributed by atoms with Crippen LogP contribution in [0.4, 0.5) is 11.6 Å². The lowest BCUT2D eigenvalue weighted by Crippen LogP contribution is -2.44. The van der Waals surface area contributed by atoms with Gasteiger partial charge in [-0.3, -0.25) is 10.1 Å². The third kappa shape index (κ3) is 2.05. The third-order valence-corrected chi connectivity index (χ3v) is 4.94. The number of anilines is 1. The average molecular weight is 307 g/mol. The first kappa shape index (κ1) is 12.9. The van der Waals surface area contributed by atoms with E-state index in [1.165, 1.54) is 6.07 Å². The Labute approximate surface area is 126 Å². The number of nitrogens with one attached hydrogen (secondary N) is 1. The number of nitro benzene ring substituents is 1. The summed E-state index contributed by atoms with van der Waals surface area (Å²) in [6, 6.07) is 5.60. The van der Waals surface area contributed by atoms with Gasteiger partial charge in [0.2, 0.25) is 5.95 Å². The summed E-state index contributed by atoms with van der Waals surface area (Å²) in [4.78, 5) is 20.6. The van der Waals surface area contributed by atoms with Crippen LogP contribution in [0.5, 0.6) is 0 Å². The van der Waals surface area contributed by atoms with Crippen molar-refractivity contribution in [2.75, 3.05) is 4.90 Å². The molecule has 3 heterocycles. The van der Waals surface area contributed by atoms with Crippen molar-refractivity contribution in [1.82, 2.24) is 9.97 Å². The fourth-order valence-electron chi connectivity index (χ4n) is 3.68. The number of halogens is 1. The first-order valence-electron chi connectivity index (χ1n) is 7.18. The number of hydrogen-bond donors (Lipinski definition) is 1. The summed E-state index contributed by atoms with van der Waals surface area (Å²) >= 11 is 6.30. The molecule has 4 rings (SSSR count). The quantitative estimate of drug-likeness (QED) is 0.525. The lowest BCUT2D eigenvalue weighted by Gasteiger charge is -2.36. The SMILES string of the molecule is O=[N+]([O-])c1ccc2nc(N3C4CCC3CC(Cl)C4)[nH]c2c1. The number of non-ortho nitro benzene ring substituents is 1. The number of imidazole rings is 1. The van der Waals surface area contributed by atoms with Crippen LogP contribution in [-0.2, 0) is 0 Å². The van der Waals surface area contributed by atoms with Gasteiger partial charge in [-0.05, 0) is 31.7 Å². The van der Waals surface area contributed by atoms with E-state index in [0.717, 1.165) is 37.1 Å². The van der Waals surface area contributed by atoms with E-state index in [0.29, 0.717) is 17.6 Å². The Morgan fingerprint density at radius 3 is 2.71 bits per heavy atom. The zero-order valence-corrected chi connectivity index (χ0v) is 12.1. The highest BCUT2D eigenvalue weighted by molar-refractivity contribution is 6.20. The molecule has 21 heavy (non-hydrogen) atoms. The van der Waals surface area contributed by atoms with Crippen molar-refractivity contribution < 1.29 is 4.92 Å². The number of nitrogens with zero attached hydrogens (tertiary/aromatic N) is 3. The minimum Gasteiger partial charge on any atom is -0.336 e. The van der Waals surface area contributed by atoms with Gasteiger partial charge in [0.1, 0.15) is 0 Å². The Morgan fingerprint density at radius 1 is 1.33 bits per heavy atom. The number of aromatic amines is 1. The second-order valence-corrected chi connectivity index (χ2v) is 6.50. The largest absolute Gasteiger partial charge is 0.336 e. The molecule has 1 aromatic heterocycles. The molecule has 2 fully saturated rings. The smallest absolute Gasteiger partial charge is 0.271 e. The van der Waals surface area contributed by atoms with Gasteiger partial charge in [-0.1, -0.05) is 0 Å². The van der Waals surface area contributed by atoms with E-state index in [1.807, 2.05) is 0 Å². The Morgan fingerprint density at radius 2 is 2.05 bits per heavy atom. The van der Waals surface area contributed by atoms with Crippen molar-refractivity contribution in [2.45, 2.75) is 43.1 Å². The number of piperidine rings is 1. The van der Waals surface area contributed by atoms with Gasteiger partial charge >= 0.3 is 0 Å². The van der Waals surface area contributed by atoms with E-state index in [9.17, 15) is 10.1 Å². The van der Waals surface area contributed by atoms with Crippen LogP contribution in [0.1, 0.15) is 25.7 Å². The van der Waals surface area contributed by atoms with E-state index in [-0.39, 0.29) is 16.0 Å². The van der Waals surface area contributed by atoms with Crippen LogP contribution in [0.3, 0.4) is 0 Å². The first-order valence-corrected chi connectivity index (χ1v) is 7.62. The minimum absolute atomic E-state index is 0.0835. The van der Waals surface area contributed by atoms with Gasteiger partial charge in [0.15, 0.2) is 0 Å². The zero-order chi connectivity index (χ0) is 14.6. The Kier molecular flexibility index (Phi) is 2.82. The summed E-state index contributed by atoms with van der Waals surface area (Å²) in [5.74, 6) is 0.821. The standard InChI is InChI=1S/C14H15ClN4O2/c15-8-5-9-1-2-10(6-8)18(9)14-16-12-4-3-11(19(20)21)7-13(12)17-14/h3-4,7-10H,1-2,5-6H2,(H,16,17). The van der Waals surface area contributed by atoms with Gasteiger partial charge in [-0.2, -0.15) is 0 Å². The number of H-pyrrole nitrogens is 1. The zero-order valence-electron chi connectivity index (χ0n) is 11.3. The molecule has 6 nitrogen and oxygen atoms in total.